The molecular formula is C35H41F2NO10. The molecule has 48 heavy (non-hydrogen) atoms. The van der Waals surface area contributed by atoms with Crippen LogP contribution in [0.5, 0.6) is 0 Å². The summed E-state index contributed by atoms with van der Waals surface area (Å²) < 4.78 is 73.1. The molecule has 1 heterocycles. The Morgan fingerprint density at radius 2 is 1.35 bits per heavy atom. The van der Waals surface area contributed by atoms with Gasteiger partial charge < -0.3 is 33.2 Å². The van der Waals surface area contributed by atoms with E-state index < -0.39 is 66.6 Å². The first-order chi connectivity index (χ1) is 23.2. The van der Waals surface area contributed by atoms with Crippen molar-refractivity contribution in [2.75, 3.05) is 27.1 Å². The van der Waals surface area contributed by atoms with Gasteiger partial charge in [0.05, 0.1) is 39.5 Å². The molecule has 0 saturated carbocycles. The highest BCUT2D eigenvalue weighted by atomic mass is 19.3. The second kappa shape index (κ2) is 18.6. The Bertz CT molecular complexity index is 1390. The summed E-state index contributed by atoms with van der Waals surface area (Å²) in [6, 6.07) is 25.3. The summed E-state index contributed by atoms with van der Waals surface area (Å²) in [7, 11) is 1.32. The summed E-state index contributed by atoms with van der Waals surface area (Å²) in [5, 5.41) is 11.8. The Labute approximate surface area is 278 Å². The van der Waals surface area contributed by atoms with Crippen LogP contribution in [-0.2, 0) is 57.8 Å². The molecule has 0 bridgehead atoms. The number of methoxy groups -OCH3 is 1. The topological polar surface area (TPSA) is 125 Å². The van der Waals surface area contributed by atoms with E-state index >= 15 is 8.78 Å². The average molecular weight is 674 g/mol. The smallest absolute Gasteiger partial charge is 0.381 e. The first kappa shape index (κ1) is 37.0. The zero-order valence-corrected chi connectivity index (χ0v) is 26.9. The third-order valence-electron chi connectivity index (χ3n) is 7.67. The van der Waals surface area contributed by atoms with Gasteiger partial charge in [-0.3, -0.25) is 10.1 Å². The van der Waals surface area contributed by atoms with E-state index in [1.54, 1.807) is 0 Å². The molecule has 0 radical (unpaired) electrons. The van der Waals surface area contributed by atoms with Gasteiger partial charge in [0.25, 0.3) is 5.92 Å². The lowest BCUT2D eigenvalue weighted by molar-refractivity contribution is -0.517. The fourth-order valence-corrected chi connectivity index (χ4v) is 5.37. The van der Waals surface area contributed by atoms with Crippen molar-refractivity contribution < 1.29 is 51.7 Å². The van der Waals surface area contributed by atoms with Gasteiger partial charge in [0, 0.05) is 12.0 Å². The van der Waals surface area contributed by atoms with Gasteiger partial charge in [-0.2, -0.15) is 0 Å². The number of nitrogens with zero attached hydrogens (tertiary/aromatic N) is 1. The predicted octanol–water partition coefficient (Wildman–Crippen LogP) is 5.36. The van der Waals surface area contributed by atoms with Crippen molar-refractivity contribution in [3.05, 3.63) is 118 Å². The van der Waals surface area contributed by atoms with E-state index in [1.807, 2.05) is 91.0 Å². The highest BCUT2D eigenvalue weighted by Crippen LogP contribution is 2.39. The van der Waals surface area contributed by atoms with Crippen LogP contribution in [0, 0.1) is 10.1 Å². The Balaban J connectivity index is 1.71. The van der Waals surface area contributed by atoms with Gasteiger partial charge in [0.15, 0.2) is 6.10 Å². The van der Waals surface area contributed by atoms with Crippen molar-refractivity contribution in [3.63, 3.8) is 0 Å². The van der Waals surface area contributed by atoms with Crippen LogP contribution >= 0.6 is 0 Å². The molecule has 0 N–H and O–H groups in total. The van der Waals surface area contributed by atoms with Crippen LogP contribution in [-0.4, -0.2) is 80.5 Å². The summed E-state index contributed by atoms with van der Waals surface area (Å²) in [5.74, 6) is -5.37. The minimum Gasteiger partial charge on any atom is -0.461 e. The molecule has 1 aliphatic rings. The van der Waals surface area contributed by atoms with E-state index in [9.17, 15) is 14.9 Å². The number of benzene rings is 3. The molecule has 3 aromatic rings. The Morgan fingerprint density at radius 3 is 1.85 bits per heavy atom. The van der Waals surface area contributed by atoms with Gasteiger partial charge in [0.2, 0.25) is 0 Å². The normalized spacial score (nSPS) is 21.8. The van der Waals surface area contributed by atoms with Crippen LogP contribution in [0.1, 0.15) is 30.0 Å². The summed E-state index contributed by atoms with van der Waals surface area (Å²) in [5.41, 5.74) is 2.42. The number of rotatable bonds is 19. The van der Waals surface area contributed by atoms with Gasteiger partial charge in [-0.15, -0.1) is 0 Å². The molecule has 11 nitrogen and oxygen atoms in total. The average Bonchev–Trinajstić information content (AvgIpc) is 3.09. The third-order valence-corrected chi connectivity index (χ3v) is 7.67. The van der Waals surface area contributed by atoms with Crippen molar-refractivity contribution in [3.8, 4) is 0 Å². The summed E-state index contributed by atoms with van der Waals surface area (Å²) in [6.45, 7) is 0.821. The zero-order chi connectivity index (χ0) is 34.4. The molecule has 260 valence electrons. The molecule has 1 fully saturated rings. The molecule has 0 aromatic heterocycles. The van der Waals surface area contributed by atoms with Crippen molar-refractivity contribution in [2.45, 2.75) is 75.6 Å². The van der Waals surface area contributed by atoms with E-state index in [4.69, 9.17) is 33.2 Å². The molecule has 0 amide bonds. The van der Waals surface area contributed by atoms with E-state index in [2.05, 4.69) is 0 Å². The number of ether oxygens (including phenoxy) is 7. The quantitative estimate of drug-likeness (QED) is 0.0711. The second-order valence-corrected chi connectivity index (χ2v) is 11.2. The number of hydrogen-bond donors (Lipinski definition) is 0. The Morgan fingerprint density at radius 1 is 0.833 bits per heavy atom. The number of carbonyl (C=O) groups excluding carboxylic acids is 1. The molecule has 1 aliphatic heterocycles. The van der Waals surface area contributed by atoms with Gasteiger partial charge >= 0.3 is 12.0 Å². The zero-order valence-electron chi connectivity index (χ0n) is 26.9. The van der Waals surface area contributed by atoms with Crippen molar-refractivity contribution >= 4 is 5.97 Å². The summed E-state index contributed by atoms with van der Waals surface area (Å²) >= 11 is 0. The van der Waals surface area contributed by atoms with E-state index in [-0.39, 0.29) is 33.0 Å². The molecule has 6 atom stereocenters. The van der Waals surface area contributed by atoms with Crippen LogP contribution in [0.2, 0.25) is 0 Å². The maximum Gasteiger partial charge on any atom is 0.381 e. The van der Waals surface area contributed by atoms with Crippen LogP contribution in [0.25, 0.3) is 0 Å². The van der Waals surface area contributed by atoms with E-state index in [0.717, 1.165) is 16.7 Å². The van der Waals surface area contributed by atoms with Gasteiger partial charge in [-0.25, -0.2) is 13.6 Å². The van der Waals surface area contributed by atoms with Crippen LogP contribution in [0.15, 0.2) is 91.0 Å². The molecular weight excluding hydrogens is 632 g/mol. The molecule has 0 aliphatic carbocycles. The van der Waals surface area contributed by atoms with Crippen molar-refractivity contribution in [2.24, 2.45) is 0 Å². The number of nitro groups is 1. The lowest BCUT2D eigenvalue weighted by Gasteiger charge is -2.48. The molecule has 4 rings (SSSR count). The van der Waals surface area contributed by atoms with Crippen molar-refractivity contribution in [1.82, 2.24) is 0 Å². The minimum absolute atomic E-state index is 0.000220. The molecule has 3 aromatic carbocycles. The predicted molar refractivity (Wildman–Crippen MR) is 169 cm³/mol. The minimum atomic E-state index is -3.99. The van der Waals surface area contributed by atoms with Crippen LogP contribution in [0.3, 0.4) is 0 Å². The monoisotopic (exact) mass is 673 g/mol. The van der Waals surface area contributed by atoms with E-state index in [0.29, 0.717) is 0 Å². The first-order valence-electron chi connectivity index (χ1n) is 15.6. The lowest BCUT2D eigenvalue weighted by atomic mass is 9.88. The molecule has 1 unspecified atom stereocenters. The maximum atomic E-state index is 16.4. The highest BCUT2D eigenvalue weighted by Gasteiger charge is 2.59. The number of hydrogen-bond acceptors (Lipinski definition) is 10. The van der Waals surface area contributed by atoms with Gasteiger partial charge in [-0.05, 0) is 23.6 Å². The molecule has 0 spiro atoms. The Hall–Kier alpha value is -3.85. The third kappa shape index (κ3) is 10.6. The highest BCUT2D eigenvalue weighted by molar-refractivity contribution is 5.74. The number of carbonyl (C=O) groups is 1. The fraction of sp³-hybridized carbons (Fsp3) is 0.457. The van der Waals surface area contributed by atoms with Gasteiger partial charge in [-0.1, -0.05) is 91.0 Å². The fourth-order valence-electron chi connectivity index (χ4n) is 5.37. The largest absolute Gasteiger partial charge is 0.461 e. The maximum absolute atomic E-state index is 16.4. The van der Waals surface area contributed by atoms with Crippen LogP contribution < -0.4 is 0 Å². The number of esters is 1. The summed E-state index contributed by atoms with van der Waals surface area (Å²) in [4.78, 5) is 23.1. The lowest BCUT2D eigenvalue weighted by Crippen LogP contribution is -2.66. The standard InChI is InChI=1S/C35H41F2NO10/c1-3-44-34(39)28(38(40)41)19-35(36,37)33-32(47-24-42-2)31(46-22-27-17-11-6-12-18-27)30(45-21-26-15-9-5-10-16-26)29(48-33)23-43-20-25-13-7-4-8-14-25/h4-18,28-33H,3,19-24H2,1-2H3/t28?,29-,30+,31+,32-,33+/m1/s1. The van der Waals surface area contributed by atoms with E-state index in [1.165, 1.54) is 14.0 Å². The second-order valence-electron chi connectivity index (χ2n) is 11.2. The molecule has 1 saturated heterocycles. The SMILES string of the molecule is CCOC(=O)C(CC(F)(F)[C@H]1O[C@H](COCc2ccccc2)[C@H](OCc2ccccc2)[C@H](OCc2ccccc2)[C@H]1OCOC)[N+](=O)[O-]. The summed E-state index contributed by atoms with van der Waals surface area (Å²) in [6.07, 6.45) is -8.54. The Kier molecular flexibility index (Phi) is 14.4. The molecule has 13 heteroatoms. The van der Waals surface area contributed by atoms with Crippen molar-refractivity contribution in [1.29, 1.82) is 0 Å². The number of halogens is 2. The number of alkyl halides is 2. The first-order valence-corrected chi connectivity index (χ1v) is 15.6. The van der Waals surface area contributed by atoms with Crippen LogP contribution in [0.4, 0.5) is 8.78 Å². The van der Waals surface area contributed by atoms with Gasteiger partial charge in [0.1, 0.15) is 31.2 Å².